The summed E-state index contributed by atoms with van der Waals surface area (Å²) in [5.41, 5.74) is 1.43. The van der Waals surface area contributed by atoms with Crippen molar-refractivity contribution in [2.45, 2.75) is 25.3 Å². The summed E-state index contributed by atoms with van der Waals surface area (Å²) in [6.07, 6.45) is 0. The first-order chi connectivity index (χ1) is 13.1. The number of carbonyl (C=O) groups is 2. The Labute approximate surface area is 165 Å². The number of rotatable bonds is 6. The standard InChI is InChI=1S/C20H20N2O3S2/c1-3-25-18(23)13-22-15-10-6-8-12-17(15)27-20(22)21-19(24)14-9-5-7-11-16(14)26-4-2/h5-12H,3-4,13H2,1-2H3. The van der Waals surface area contributed by atoms with Crippen molar-refractivity contribution in [1.82, 2.24) is 4.57 Å². The highest BCUT2D eigenvalue weighted by molar-refractivity contribution is 7.99. The van der Waals surface area contributed by atoms with Crippen molar-refractivity contribution < 1.29 is 14.3 Å². The van der Waals surface area contributed by atoms with Gasteiger partial charge in [0.05, 0.1) is 22.4 Å². The van der Waals surface area contributed by atoms with E-state index in [1.165, 1.54) is 11.3 Å². The minimum absolute atomic E-state index is 0.0231. The molecule has 2 aromatic carbocycles. The number of aromatic nitrogens is 1. The number of ether oxygens (including phenoxy) is 1. The molecule has 0 atom stereocenters. The number of nitrogens with zero attached hydrogens (tertiary/aromatic N) is 2. The van der Waals surface area contributed by atoms with Gasteiger partial charge in [0.2, 0.25) is 0 Å². The van der Waals surface area contributed by atoms with Crippen LogP contribution >= 0.6 is 23.1 Å². The Kier molecular flexibility index (Phi) is 6.47. The molecule has 140 valence electrons. The molecule has 1 heterocycles. The average Bonchev–Trinajstić information content (AvgIpc) is 3.00. The van der Waals surface area contributed by atoms with Gasteiger partial charge in [0.15, 0.2) is 4.80 Å². The van der Waals surface area contributed by atoms with Crippen molar-refractivity contribution in [3.05, 3.63) is 58.9 Å². The van der Waals surface area contributed by atoms with E-state index < -0.39 is 0 Å². The summed E-state index contributed by atoms with van der Waals surface area (Å²) in [7, 11) is 0. The van der Waals surface area contributed by atoms with Crippen LogP contribution in [0.1, 0.15) is 24.2 Å². The maximum Gasteiger partial charge on any atom is 0.326 e. The van der Waals surface area contributed by atoms with Gasteiger partial charge in [0, 0.05) is 4.90 Å². The molecule has 1 amide bonds. The van der Waals surface area contributed by atoms with Crippen LogP contribution in [-0.4, -0.2) is 28.8 Å². The maximum absolute atomic E-state index is 12.8. The summed E-state index contributed by atoms with van der Waals surface area (Å²) in [5, 5.41) is 0. The Bertz CT molecular complexity index is 1040. The minimum Gasteiger partial charge on any atom is -0.465 e. The van der Waals surface area contributed by atoms with Crippen LogP contribution in [0.4, 0.5) is 0 Å². The lowest BCUT2D eigenvalue weighted by molar-refractivity contribution is -0.143. The molecule has 3 rings (SSSR count). The van der Waals surface area contributed by atoms with Gasteiger partial charge in [-0.3, -0.25) is 9.59 Å². The van der Waals surface area contributed by atoms with Crippen molar-refractivity contribution in [1.29, 1.82) is 0 Å². The fraction of sp³-hybridized carbons (Fsp3) is 0.250. The lowest BCUT2D eigenvalue weighted by Crippen LogP contribution is -2.23. The van der Waals surface area contributed by atoms with Crippen molar-refractivity contribution in [3.63, 3.8) is 0 Å². The first kappa shape index (κ1) is 19.4. The first-order valence-corrected chi connectivity index (χ1v) is 10.5. The van der Waals surface area contributed by atoms with Gasteiger partial charge >= 0.3 is 5.97 Å². The highest BCUT2D eigenvalue weighted by Gasteiger charge is 2.14. The van der Waals surface area contributed by atoms with Crippen LogP contribution in [0.5, 0.6) is 0 Å². The lowest BCUT2D eigenvalue weighted by atomic mass is 10.2. The Morgan fingerprint density at radius 1 is 1.11 bits per heavy atom. The second-order valence-electron chi connectivity index (χ2n) is 5.59. The summed E-state index contributed by atoms with van der Waals surface area (Å²) in [5.74, 6) is 0.211. The molecule has 1 aromatic heterocycles. The molecule has 0 aliphatic rings. The predicted octanol–water partition coefficient (Wildman–Crippen LogP) is 4.12. The van der Waals surface area contributed by atoms with E-state index in [4.69, 9.17) is 4.74 Å². The SMILES string of the molecule is CCOC(=O)Cn1c(=NC(=O)c2ccccc2SCC)sc2ccccc21. The number of fused-ring (bicyclic) bond motifs is 1. The van der Waals surface area contributed by atoms with Crippen LogP contribution in [0.3, 0.4) is 0 Å². The lowest BCUT2D eigenvalue weighted by Gasteiger charge is -2.06. The quantitative estimate of drug-likeness (QED) is 0.461. The van der Waals surface area contributed by atoms with Crippen LogP contribution < -0.4 is 4.80 Å². The predicted molar refractivity (Wildman–Crippen MR) is 109 cm³/mol. The number of hydrogen-bond acceptors (Lipinski definition) is 5. The molecule has 0 saturated heterocycles. The van der Waals surface area contributed by atoms with Gasteiger partial charge in [0.1, 0.15) is 6.54 Å². The summed E-state index contributed by atoms with van der Waals surface area (Å²) < 4.78 is 7.78. The summed E-state index contributed by atoms with van der Waals surface area (Å²) in [6, 6.07) is 15.1. The van der Waals surface area contributed by atoms with Crippen LogP contribution in [0.25, 0.3) is 10.2 Å². The number of thioether (sulfide) groups is 1. The third-order valence-corrected chi connectivity index (χ3v) is 5.81. The molecule has 7 heteroatoms. The van der Waals surface area contributed by atoms with Gasteiger partial charge in [-0.25, -0.2) is 0 Å². The van der Waals surface area contributed by atoms with E-state index in [2.05, 4.69) is 4.99 Å². The Hall–Kier alpha value is -2.38. The normalized spacial score (nSPS) is 11.7. The van der Waals surface area contributed by atoms with E-state index in [1.54, 1.807) is 29.3 Å². The molecule has 0 radical (unpaired) electrons. The van der Waals surface area contributed by atoms with E-state index in [0.717, 1.165) is 20.9 Å². The zero-order chi connectivity index (χ0) is 19.2. The van der Waals surface area contributed by atoms with Crippen molar-refractivity contribution in [3.8, 4) is 0 Å². The molecule has 0 aliphatic carbocycles. The highest BCUT2D eigenvalue weighted by Crippen LogP contribution is 2.23. The van der Waals surface area contributed by atoms with E-state index in [9.17, 15) is 9.59 Å². The Morgan fingerprint density at radius 3 is 2.63 bits per heavy atom. The van der Waals surface area contributed by atoms with Crippen LogP contribution in [0, 0.1) is 0 Å². The number of hydrogen-bond donors (Lipinski definition) is 0. The molecule has 0 unspecified atom stereocenters. The number of benzene rings is 2. The molecular formula is C20H20N2O3S2. The second kappa shape index (κ2) is 9.01. The van der Waals surface area contributed by atoms with E-state index in [-0.39, 0.29) is 18.4 Å². The maximum atomic E-state index is 12.8. The van der Waals surface area contributed by atoms with Gasteiger partial charge in [-0.1, -0.05) is 42.5 Å². The molecule has 0 bridgehead atoms. The topological polar surface area (TPSA) is 60.7 Å². The van der Waals surface area contributed by atoms with E-state index >= 15 is 0 Å². The molecule has 3 aromatic rings. The van der Waals surface area contributed by atoms with Gasteiger partial charge < -0.3 is 9.30 Å². The number of carbonyl (C=O) groups excluding carboxylic acids is 2. The minimum atomic E-state index is -0.350. The van der Waals surface area contributed by atoms with Crippen molar-refractivity contribution in [2.75, 3.05) is 12.4 Å². The zero-order valence-electron chi connectivity index (χ0n) is 15.2. The molecule has 0 N–H and O–H groups in total. The molecule has 0 spiro atoms. The summed E-state index contributed by atoms with van der Waals surface area (Å²) in [4.78, 5) is 30.6. The third-order valence-electron chi connectivity index (χ3n) is 3.80. The van der Waals surface area contributed by atoms with Gasteiger partial charge in [0.25, 0.3) is 5.91 Å². The molecule has 5 nitrogen and oxygen atoms in total. The number of amides is 1. The average molecular weight is 401 g/mol. The molecule has 0 saturated carbocycles. The smallest absolute Gasteiger partial charge is 0.326 e. The number of esters is 1. The third kappa shape index (κ3) is 4.48. The largest absolute Gasteiger partial charge is 0.465 e. The molecular weight excluding hydrogens is 380 g/mol. The highest BCUT2D eigenvalue weighted by atomic mass is 32.2. The number of para-hydroxylation sites is 1. The molecule has 27 heavy (non-hydrogen) atoms. The Balaban J connectivity index is 2.07. The summed E-state index contributed by atoms with van der Waals surface area (Å²) >= 11 is 3.00. The Morgan fingerprint density at radius 2 is 1.85 bits per heavy atom. The van der Waals surface area contributed by atoms with Crippen LogP contribution in [-0.2, 0) is 16.1 Å². The molecule has 0 aliphatic heterocycles. The fourth-order valence-electron chi connectivity index (χ4n) is 2.67. The van der Waals surface area contributed by atoms with Crippen molar-refractivity contribution >= 4 is 45.2 Å². The van der Waals surface area contributed by atoms with Crippen LogP contribution in [0.15, 0.2) is 58.4 Å². The summed E-state index contributed by atoms with van der Waals surface area (Å²) in [6.45, 7) is 4.15. The number of thiazole rings is 1. The van der Waals surface area contributed by atoms with Crippen molar-refractivity contribution in [2.24, 2.45) is 4.99 Å². The monoisotopic (exact) mass is 400 g/mol. The van der Waals surface area contributed by atoms with Gasteiger partial charge in [-0.05, 0) is 36.9 Å². The van der Waals surface area contributed by atoms with Gasteiger partial charge in [-0.2, -0.15) is 4.99 Å². The van der Waals surface area contributed by atoms with E-state index in [1.807, 2.05) is 49.4 Å². The van der Waals surface area contributed by atoms with Gasteiger partial charge in [-0.15, -0.1) is 11.8 Å². The second-order valence-corrected chi connectivity index (χ2v) is 7.90. The van der Waals surface area contributed by atoms with Crippen LogP contribution in [0.2, 0.25) is 0 Å². The first-order valence-electron chi connectivity index (χ1n) is 8.69. The molecule has 0 fully saturated rings. The zero-order valence-corrected chi connectivity index (χ0v) is 16.8. The van der Waals surface area contributed by atoms with E-state index in [0.29, 0.717) is 17.0 Å². The fourth-order valence-corrected chi connectivity index (χ4v) is 4.49.